The molecule has 1 saturated carbocycles. The lowest BCUT2D eigenvalue weighted by Crippen LogP contribution is -2.49. The van der Waals surface area contributed by atoms with E-state index in [0.717, 1.165) is 32.4 Å². The smallest absolute Gasteiger partial charge is 0.229 e. The van der Waals surface area contributed by atoms with Gasteiger partial charge in [-0.2, -0.15) is 0 Å². The molecule has 4 heteroatoms. The summed E-state index contributed by atoms with van der Waals surface area (Å²) in [4.78, 5) is 26.4. The van der Waals surface area contributed by atoms with Crippen molar-refractivity contribution in [1.82, 2.24) is 10.2 Å². The third kappa shape index (κ3) is 3.47. The van der Waals surface area contributed by atoms with Crippen molar-refractivity contribution in [3.63, 3.8) is 0 Å². The zero-order valence-electron chi connectivity index (χ0n) is 13.0. The lowest BCUT2D eigenvalue weighted by Gasteiger charge is -2.42. The highest BCUT2D eigenvalue weighted by Gasteiger charge is 2.43. The van der Waals surface area contributed by atoms with Crippen LogP contribution in [0.15, 0.2) is 0 Å². The summed E-state index contributed by atoms with van der Waals surface area (Å²) in [6, 6.07) is 0. The van der Waals surface area contributed by atoms with Crippen molar-refractivity contribution < 1.29 is 9.59 Å². The number of piperidine rings is 2. The predicted molar refractivity (Wildman–Crippen MR) is 81.7 cm³/mol. The van der Waals surface area contributed by atoms with E-state index in [1.807, 2.05) is 0 Å². The van der Waals surface area contributed by atoms with Crippen LogP contribution in [0.3, 0.4) is 0 Å². The molecule has 118 valence electrons. The fourth-order valence-electron chi connectivity index (χ4n) is 4.42. The van der Waals surface area contributed by atoms with Crippen molar-refractivity contribution in [3.05, 3.63) is 0 Å². The SMILES string of the molecule is O=C1CC2(CCCCC2)CC(=O)N1CCC1CCCNC1. The van der Waals surface area contributed by atoms with Gasteiger partial charge in [0.1, 0.15) is 0 Å². The van der Waals surface area contributed by atoms with E-state index in [9.17, 15) is 9.59 Å². The number of nitrogens with zero attached hydrogens (tertiary/aromatic N) is 1. The Morgan fingerprint density at radius 3 is 2.38 bits per heavy atom. The zero-order chi connectivity index (χ0) is 14.7. The summed E-state index contributed by atoms with van der Waals surface area (Å²) >= 11 is 0. The molecule has 0 bridgehead atoms. The van der Waals surface area contributed by atoms with E-state index in [1.165, 1.54) is 32.1 Å². The first-order chi connectivity index (χ1) is 10.2. The monoisotopic (exact) mass is 292 g/mol. The van der Waals surface area contributed by atoms with Gasteiger partial charge in [0.25, 0.3) is 0 Å². The minimum absolute atomic E-state index is 0.0231. The van der Waals surface area contributed by atoms with Crippen molar-refractivity contribution in [2.75, 3.05) is 19.6 Å². The molecule has 1 unspecified atom stereocenters. The van der Waals surface area contributed by atoms with E-state index in [4.69, 9.17) is 0 Å². The first-order valence-electron chi connectivity index (χ1n) is 8.72. The van der Waals surface area contributed by atoms with Gasteiger partial charge in [0.2, 0.25) is 11.8 Å². The molecule has 2 aliphatic heterocycles. The zero-order valence-corrected chi connectivity index (χ0v) is 13.0. The first kappa shape index (κ1) is 15.0. The molecular formula is C17H28N2O2. The van der Waals surface area contributed by atoms with Crippen LogP contribution in [0.4, 0.5) is 0 Å². The van der Waals surface area contributed by atoms with Crippen molar-refractivity contribution in [2.45, 2.75) is 64.2 Å². The van der Waals surface area contributed by atoms with Gasteiger partial charge in [0.15, 0.2) is 0 Å². The molecule has 1 N–H and O–H groups in total. The van der Waals surface area contributed by atoms with Crippen LogP contribution in [-0.2, 0) is 9.59 Å². The number of nitrogens with one attached hydrogen (secondary N) is 1. The van der Waals surface area contributed by atoms with E-state index >= 15 is 0 Å². The highest BCUT2D eigenvalue weighted by molar-refractivity contribution is 5.98. The highest BCUT2D eigenvalue weighted by atomic mass is 16.2. The Kier molecular flexibility index (Phi) is 4.63. The lowest BCUT2D eigenvalue weighted by atomic mass is 9.67. The van der Waals surface area contributed by atoms with E-state index in [2.05, 4.69) is 5.32 Å². The molecule has 21 heavy (non-hydrogen) atoms. The quantitative estimate of drug-likeness (QED) is 0.813. The predicted octanol–water partition coefficient (Wildman–Crippen LogP) is 2.48. The molecule has 3 aliphatic rings. The summed E-state index contributed by atoms with van der Waals surface area (Å²) in [5, 5.41) is 3.40. The Morgan fingerprint density at radius 2 is 1.76 bits per heavy atom. The fraction of sp³-hybridized carbons (Fsp3) is 0.882. The minimum Gasteiger partial charge on any atom is -0.316 e. The molecule has 4 nitrogen and oxygen atoms in total. The minimum atomic E-state index is 0.0231. The number of imide groups is 1. The molecule has 2 amide bonds. The summed E-state index contributed by atoms with van der Waals surface area (Å²) in [5.41, 5.74) is 0.0231. The average Bonchev–Trinajstić information content (AvgIpc) is 2.48. The van der Waals surface area contributed by atoms with Gasteiger partial charge in [-0.1, -0.05) is 19.3 Å². The number of hydrogen-bond acceptors (Lipinski definition) is 3. The highest BCUT2D eigenvalue weighted by Crippen LogP contribution is 2.45. The molecule has 3 rings (SSSR count). The van der Waals surface area contributed by atoms with Gasteiger partial charge in [-0.3, -0.25) is 14.5 Å². The van der Waals surface area contributed by atoms with Crippen LogP contribution in [0.2, 0.25) is 0 Å². The summed E-state index contributed by atoms with van der Waals surface area (Å²) in [6.07, 6.45) is 10.4. The molecule has 2 saturated heterocycles. The Morgan fingerprint density at radius 1 is 1.05 bits per heavy atom. The van der Waals surface area contributed by atoms with E-state index in [0.29, 0.717) is 25.3 Å². The summed E-state index contributed by atoms with van der Waals surface area (Å²) in [6.45, 7) is 2.79. The molecule has 2 heterocycles. The molecular weight excluding hydrogens is 264 g/mol. The average molecular weight is 292 g/mol. The van der Waals surface area contributed by atoms with E-state index in [1.54, 1.807) is 4.90 Å². The van der Waals surface area contributed by atoms with Gasteiger partial charge in [-0.15, -0.1) is 0 Å². The second kappa shape index (κ2) is 6.47. The van der Waals surface area contributed by atoms with Crippen LogP contribution in [-0.4, -0.2) is 36.3 Å². The van der Waals surface area contributed by atoms with Crippen molar-refractivity contribution in [1.29, 1.82) is 0 Å². The van der Waals surface area contributed by atoms with Gasteiger partial charge >= 0.3 is 0 Å². The number of amides is 2. The molecule has 0 aromatic carbocycles. The first-order valence-corrected chi connectivity index (χ1v) is 8.72. The third-order valence-corrected chi connectivity index (χ3v) is 5.73. The Hall–Kier alpha value is -0.900. The van der Waals surface area contributed by atoms with Crippen LogP contribution in [0, 0.1) is 11.3 Å². The maximum absolute atomic E-state index is 12.4. The number of carbonyl (C=O) groups is 2. The third-order valence-electron chi connectivity index (χ3n) is 5.73. The van der Waals surface area contributed by atoms with Crippen molar-refractivity contribution in [3.8, 4) is 0 Å². The largest absolute Gasteiger partial charge is 0.316 e. The van der Waals surface area contributed by atoms with Crippen LogP contribution in [0.5, 0.6) is 0 Å². The van der Waals surface area contributed by atoms with Crippen molar-refractivity contribution in [2.24, 2.45) is 11.3 Å². The number of carbonyl (C=O) groups excluding carboxylic acids is 2. The summed E-state index contributed by atoms with van der Waals surface area (Å²) in [7, 11) is 0. The maximum atomic E-state index is 12.4. The van der Waals surface area contributed by atoms with Crippen molar-refractivity contribution >= 4 is 11.8 Å². The van der Waals surface area contributed by atoms with Crippen LogP contribution in [0.1, 0.15) is 64.2 Å². The molecule has 0 radical (unpaired) electrons. The van der Waals surface area contributed by atoms with E-state index in [-0.39, 0.29) is 17.2 Å². The maximum Gasteiger partial charge on any atom is 0.229 e. The summed E-state index contributed by atoms with van der Waals surface area (Å²) < 4.78 is 0. The Balaban J connectivity index is 1.54. The second-order valence-corrected chi connectivity index (χ2v) is 7.35. The normalized spacial score (nSPS) is 29.9. The standard InChI is InChI=1S/C17H28N2O2/c20-15-11-17(7-2-1-3-8-17)12-16(21)19(15)10-6-14-5-4-9-18-13-14/h14,18H,1-13H2. The topological polar surface area (TPSA) is 49.4 Å². The number of rotatable bonds is 3. The van der Waals surface area contributed by atoms with Gasteiger partial charge in [-0.25, -0.2) is 0 Å². The van der Waals surface area contributed by atoms with Crippen LogP contribution >= 0.6 is 0 Å². The molecule has 0 aromatic heterocycles. The lowest BCUT2D eigenvalue weighted by molar-refractivity contribution is -0.154. The Bertz CT molecular complexity index is 376. The van der Waals surface area contributed by atoms with Crippen LogP contribution in [0.25, 0.3) is 0 Å². The molecule has 1 aliphatic carbocycles. The van der Waals surface area contributed by atoms with E-state index < -0.39 is 0 Å². The summed E-state index contributed by atoms with van der Waals surface area (Å²) in [5.74, 6) is 0.818. The number of hydrogen-bond donors (Lipinski definition) is 1. The van der Waals surface area contributed by atoms with Gasteiger partial charge in [0.05, 0.1) is 0 Å². The molecule has 3 fully saturated rings. The molecule has 0 aromatic rings. The molecule has 1 atom stereocenters. The Labute approximate surface area is 127 Å². The number of likely N-dealkylation sites (tertiary alicyclic amines) is 1. The molecule has 1 spiro atoms. The second-order valence-electron chi connectivity index (χ2n) is 7.35. The van der Waals surface area contributed by atoms with Gasteiger partial charge in [0, 0.05) is 19.4 Å². The van der Waals surface area contributed by atoms with Crippen LogP contribution < -0.4 is 5.32 Å². The fourth-order valence-corrected chi connectivity index (χ4v) is 4.42. The van der Waals surface area contributed by atoms with Gasteiger partial charge in [-0.05, 0) is 56.5 Å². The van der Waals surface area contributed by atoms with Gasteiger partial charge < -0.3 is 5.32 Å².